The first-order valence-electron chi connectivity index (χ1n) is 3.40. The van der Waals surface area contributed by atoms with Crippen LogP contribution in [0.3, 0.4) is 0 Å². The topological polar surface area (TPSA) is 20.2 Å². The third-order valence-electron chi connectivity index (χ3n) is 1.41. The van der Waals surface area contributed by atoms with E-state index in [2.05, 4.69) is 11.2 Å². The van der Waals surface area contributed by atoms with Gasteiger partial charge in [-0.05, 0) is 23.2 Å². The fourth-order valence-electron chi connectivity index (χ4n) is 0.850. The van der Waals surface area contributed by atoms with Crippen LogP contribution in [0.5, 0.6) is 0 Å². The summed E-state index contributed by atoms with van der Waals surface area (Å²) in [6, 6.07) is 10.1. The maximum absolute atomic E-state index is 8.86. The highest BCUT2D eigenvalue weighted by molar-refractivity contribution is 8.25. The van der Waals surface area contributed by atoms with Crippen molar-refractivity contribution in [1.29, 1.82) is 0 Å². The second-order valence-electron chi connectivity index (χ2n) is 2.26. The summed E-state index contributed by atoms with van der Waals surface area (Å²) in [5.41, 5.74) is 1.24. The predicted octanol–water partition coefficient (Wildman–Crippen LogP) is 1.78. The first kappa shape index (κ1) is 8.84. The van der Waals surface area contributed by atoms with Crippen LogP contribution in [0.15, 0.2) is 30.3 Å². The van der Waals surface area contributed by atoms with Gasteiger partial charge in [-0.25, -0.2) is 0 Å². The highest BCUT2D eigenvalue weighted by Gasteiger charge is 1.91. The lowest BCUT2D eigenvalue weighted by molar-refractivity contribution is 0.655. The van der Waals surface area contributed by atoms with Gasteiger partial charge in [0.05, 0.1) is 0 Å². The van der Waals surface area contributed by atoms with Gasteiger partial charge in [0, 0.05) is 15.5 Å². The molecule has 0 bridgehead atoms. The third-order valence-corrected chi connectivity index (χ3v) is 2.46. The van der Waals surface area contributed by atoms with Crippen LogP contribution in [0, 0.1) is 0 Å². The number of aryl methyl sites for hydroxylation is 1. The Balaban J connectivity index is 2.45. The third kappa shape index (κ3) is 3.60. The number of hydrogen-bond donors (Lipinski definition) is 1. The maximum Gasteiger partial charge on any atom is 0.0264 e. The predicted molar refractivity (Wildman–Crippen MR) is 52.4 cm³/mol. The highest BCUT2D eigenvalue weighted by Crippen LogP contribution is 1.99. The second kappa shape index (κ2) is 4.59. The van der Waals surface area contributed by atoms with E-state index in [1.54, 1.807) is 0 Å². The van der Waals surface area contributed by atoms with Crippen LogP contribution in [0.25, 0.3) is 0 Å². The Labute approximate surface area is 73.9 Å². The highest BCUT2D eigenvalue weighted by atomic mass is 32.8. The molecule has 1 aromatic rings. The molecule has 0 heterocycles. The summed E-state index contributed by atoms with van der Waals surface area (Å²) < 4.78 is 8.86. The van der Waals surface area contributed by atoms with Crippen LogP contribution in [-0.2, 0) is 27.3 Å². The van der Waals surface area contributed by atoms with Crippen molar-refractivity contribution in [2.75, 3.05) is 5.75 Å². The smallest absolute Gasteiger partial charge is 0.0264 e. The molecule has 11 heavy (non-hydrogen) atoms. The Kier molecular flexibility index (Phi) is 3.69. The zero-order chi connectivity index (χ0) is 8.10. The molecule has 0 aliphatic rings. The molecule has 0 saturated heterocycles. The monoisotopic (exact) mass is 186 g/mol. The van der Waals surface area contributed by atoms with Gasteiger partial charge < -0.3 is 4.55 Å². The van der Waals surface area contributed by atoms with Gasteiger partial charge >= 0.3 is 0 Å². The molecule has 0 aliphatic heterocycles. The van der Waals surface area contributed by atoms with Crippen LogP contribution in [0.1, 0.15) is 5.56 Å². The Morgan fingerprint density at radius 2 is 1.91 bits per heavy atom. The minimum atomic E-state index is -0.833. The van der Waals surface area contributed by atoms with Crippen molar-refractivity contribution in [3.8, 4) is 0 Å². The van der Waals surface area contributed by atoms with Crippen LogP contribution in [0.2, 0.25) is 0 Å². The molecule has 1 aromatic carbocycles. The Morgan fingerprint density at radius 3 is 2.45 bits per heavy atom. The van der Waals surface area contributed by atoms with Gasteiger partial charge in [-0.1, -0.05) is 30.3 Å². The van der Waals surface area contributed by atoms with Gasteiger partial charge in [0.25, 0.3) is 0 Å². The standard InChI is InChI=1S/C8H10OS2/c9-11(10)7-6-8-4-2-1-3-5-8/h1-5H,6-7H2,(H,9,10). The van der Waals surface area contributed by atoms with Crippen LogP contribution in [0.4, 0.5) is 0 Å². The molecule has 0 saturated carbocycles. The van der Waals surface area contributed by atoms with E-state index in [0.717, 1.165) is 6.42 Å². The van der Waals surface area contributed by atoms with E-state index < -0.39 is 9.74 Å². The SMILES string of the molecule is OS(=S)CCc1ccccc1. The van der Waals surface area contributed by atoms with Gasteiger partial charge in [0.2, 0.25) is 0 Å². The summed E-state index contributed by atoms with van der Waals surface area (Å²) in [6.07, 6.45) is 0.879. The Hall–Kier alpha value is -0.250. The number of rotatable bonds is 3. The average Bonchev–Trinajstić information content (AvgIpc) is 2.03. The van der Waals surface area contributed by atoms with Gasteiger partial charge in [-0.15, -0.1) is 0 Å². The van der Waals surface area contributed by atoms with Gasteiger partial charge in [-0.3, -0.25) is 0 Å². The normalized spacial score (nSPS) is 12.8. The van der Waals surface area contributed by atoms with E-state index >= 15 is 0 Å². The van der Waals surface area contributed by atoms with Crippen LogP contribution < -0.4 is 0 Å². The van der Waals surface area contributed by atoms with Crippen molar-refractivity contribution in [3.05, 3.63) is 35.9 Å². The number of benzene rings is 1. The van der Waals surface area contributed by atoms with E-state index in [-0.39, 0.29) is 0 Å². The molecule has 0 fully saturated rings. The molecule has 0 radical (unpaired) electrons. The average molecular weight is 186 g/mol. The van der Waals surface area contributed by atoms with Gasteiger partial charge in [-0.2, -0.15) is 0 Å². The quantitative estimate of drug-likeness (QED) is 0.776. The summed E-state index contributed by atoms with van der Waals surface area (Å²) in [4.78, 5) is 0. The molecule has 3 heteroatoms. The molecule has 1 rings (SSSR count). The molecule has 0 aliphatic carbocycles. The molecule has 1 unspecified atom stereocenters. The van der Waals surface area contributed by atoms with Crippen molar-refractivity contribution in [3.63, 3.8) is 0 Å². The van der Waals surface area contributed by atoms with Crippen molar-refractivity contribution in [2.45, 2.75) is 6.42 Å². The largest absolute Gasteiger partial charge is 0.327 e. The zero-order valence-corrected chi connectivity index (χ0v) is 7.70. The molecule has 1 nitrogen and oxygen atoms in total. The molecular weight excluding hydrogens is 176 g/mol. The summed E-state index contributed by atoms with van der Waals surface area (Å²) in [7, 11) is -0.833. The van der Waals surface area contributed by atoms with E-state index in [1.807, 2.05) is 30.3 Å². The van der Waals surface area contributed by atoms with Gasteiger partial charge in [0.1, 0.15) is 0 Å². The Morgan fingerprint density at radius 1 is 1.27 bits per heavy atom. The first-order valence-corrected chi connectivity index (χ1v) is 5.68. The van der Waals surface area contributed by atoms with Crippen molar-refractivity contribution in [2.24, 2.45) is 0 Å². The van der Waals surface area contributed by atoms with E-state index in [0.29, 0.717) is 5.75 Å². The lowest BCUT2D eigenvalue weighted by Crippen LogP contribution is -1.97. The lowest BCUT2D eigenvalue weighted by atomic mass is 10.2. The maximum atomic E-state index is 8.86. The minimum absolute atomic E-state index is 0.694. The fraction of sp³-hybridized carbons (Fsp3) is 0.250. The summed E-state index contributed by atoms with van der Waals surface area (Å²) >= 11 is 4.66. The van der Waals surface area contributed by atoms with E-state index in [9.17, 15) is 0 Å². The van der Waals surface area contributed by atoms with Crippen molar-refractivity contribution in [1.82, 2.24) is 0 Å². The van der Waals surface area contributed by atoms with Crippen molar-refractivity contribution < 1.29 is 4.55 Å². The fourth-order valence-corrected chi connectivity index (χ4v) is 1.51. The first-order chi connectivity index (χ1) is 5.29. The second-order valence-corrected chi connectivity index (χ2v) is 4.47. The molecule has 0 spiro atoms. The van der Waals surface area contributed by atoms with E-state index in [1.165, 1.54) is 5.56 Å². The summed E-state index contributed by atoms with van der Waals surface area (Å²) in [5.74, 6) is 0.694. The zero-order valence-electron chi connectivity index (χ0n) is 6.06. The molecule has 1 atom stereocenters. The number of hydrogen-bond acceptors (Lipinski definition) is 1. The molecule has 0 amide bonds. The minimum Gasteiger partial charge on any atom is -0.327 e. The van der Waals surface area contributed by atoms with Gasteiger partial charge in [0.15, 0.2) is 0 Å². The molecular formula is C8H10OS2. The summed E-state index contributed by atoms with van der Waals surface area (Å²) in [5, 5.41) is 0. The molecule has 0 aromatic heterocycles. The summed E-state index contributed by atoms with van der Waals surface area (Å²) in [6.45, 7) is 0. The Bertz CT molecular complexity index is 233. The molecule has 1 N–H and O–H groups in total. The van der Waals surface area contributed by atoms with Crippen LogP contribution >= 0.6 is 0 Å². The van der Waals surface area contributed by atoms with Crippen LogP contribution in [-0.4, -0.2) is 10.3 Å². The van der Waals surface area contributed by atoms with Crippen molar-refractivity contribution >= 4 is 20.9 Å². The van der Waals surface area contributed by atoms with E-state index in [4.69, 9.17) is 4.55 Å². The molecule has 60 valence electrons. The lowest BCUT2D eigenvalue weighted by Gasteiger charge is -1.97.